The third-order valence-corrected chi connectivity index (χ3v) is 4.72. The first-order valence-electron chi connectivity index (χ1n) is 8.02. The second kappa shape index (κ2) is 7.83. The molecule has 3 rings (SSSR count). The lowest BCUT2D eigenvalue weighted by Gasteiger charge is -2.09. The Morgan fingerprint density at radius 1 is 1.42 bits per heavy atom. The summed E-state index contributed by atoms with van der Waals surface area (Å²) in [7, 11) is 0. The third kappa shape index (κ3) is 4.37. The molecule has 0 saturated carbocycles. The number of ether oxygens (including phenoxy) is 2. The molecular formula is C17H21N3O3S. The van der Waals surface area contributed by atoms with E-state index in [1.807, 2.05) is 19.1 Å². The molecule has 24 heavy (non-hydrogen) atoms. The van der Waals surface area contributed by atoms with Gasteiger partial charge in [0.25, 0.3) is 5.91 Å². The number of aromatic nitrogens is 2. The number of carbonyl (C=O) groups is 1. The maximum atomic E-state index is 11.9. The number of rotatable bonds is 6. The van der Waals surface area contributed by atoms with Gasteiger partial charge in [-0.05, 0) is 32.3 Å². The van der Waals surface area contributed by atoms with Crippen molar-refractivity contribution in [1.29, 1.82) is 0 Å². The van der Waals surface area contributed by atoms with Crippen LogP contribution < -0.4 is 5.32 Å². The molecule has 1 unspecified atom stereocenters. The maximum absolute atomic E-state index is 11.9. The number of nitrogens with one attached hydrogen (secondary N) is 1. The Hall–Kier alpha value is -1.83. The molecule has 1 amide bonds. The second-order valence-electron chi connectivity index (χ2n) is 5.93. The van der Waals surface area contributed by atoms with Gasteiger partial charge in [0.05, 0.1) is 12.7 Å². The fraction of sp³-hybridized carbons (Fsp3) is 0.471. The molecular weight excluding hydrogens is 326 g/mol. The van der Waals surface area contributed by atoms with Gasteiger partial charge < -0.3 is 9.47 Å². The molecule has 1 aliphatic rings. The number of carbonyl (C=O) groups excluding carboxylic acids is 1. The van der Waals surface area contributed by atoms with Crippen molar-refractivity contribution in [3.63, 3.8) is 0 Å². The van der Waals surface area contributed by atoms with Crippen LogP contribution in [0.5, 0.6) is 0 Å². The largest absolute Gasteiger partial charge is 0.376 e. The van der Waals surface area contributed by atoms with E-state index in [0.29, 0.717) is 11.7 Å². The van der Waals surface area contributed by atoms with Crippen molar-refractivity contribution >= 4 is 22.4 Å². The highest BCUT2D eigenvalue weighted by atomic mass is 32.1. The number of benzene rings is 1. The summed E-state index contributed by atoms with van der Waals surface area (Å²) in [4.78, 5) is 11.9. The average molecular weight is 347 g/mol. The summed E-state index contributed by atoms with van der Waals surface area (Å²) in [6.07, 6.45) is 2.18. The number of hydrogen-bond acceptors (Lipinski definition) is 6. The van der Waals surface area contributed by atoms with Crippen LogP contribution in [0.1, 0.15) is 24.0 Å². The summed E-state index contributed by atoms with van der Waals surface area (Å²) >= 11 is 1.36. The van der Waals surface area contributed by atoms with Gasteiger partial charge in [-0.15, -0.1) is 10.2 Å². The van der Waals surface area contributed by atoms with Crippen molar-refractivity contribution < 1.29 is 14.3 Å². The van der Waals surface area contributed by atoms with E-state index in [0.717, 1.165) is 35.6 Å². The SMILES string of the molecule is Cc1ccc(-c2nnc(NC(=O)COCC3CCCO3)s2)c(C)c1. The van der Waals surface area contributed by atoms with Crippen molar-refractivity contribution in [3.8, 4) is 10.6 Å². The molecule has 1 N–H and O–H groups in total. The van der Waals surface area contributed by atoms with Crippen molar-refractivity contribution in [2.45, 2.75) is 32.8 Å². The molecule has 1 aromatic heterocycles. The molecule has 1 atom stereocenters. The van der Waals surface area contributed by atoms with Crippen LogP contribution in [0.15, 0.2) is 18.2 Å². The minimum Gasteiger partial charge on any atom is -0.376 e. The molecule has 1 saturated heterocycles. The Balaban J connectivity index is 1.52. The normalized spacial score (nSPS) is 17.2. The Kier molecular flexibility index (Phi) is 5.55. The van der Waals surface area contributed by atoms with Gasteiger partial charge >= 0.3 is 0 Å². The molecule has 0 radical (unpaired) electrons. The molecule has 1 fully saturated rings. The van der Waals surface area contributed by atoms with Crippen LogP contribution in [0.25, 0.3) is 10.6 Å². The number of anilines is 1. The van der Waals surface area contributed by atoms with Crippen molar-refractivity contribution in [1.82, 2.24) is 10.2 Å². The summed E-state index contributed by atoms with van der Waals surface area (Å²) in [5.41, 5.74) is 3.38. The topological polar surface area (TPSA) is 73.3 Å². The monoisotopic (exact) mass is 347 g/mol. The molecule has 0 spiro atoms. The smallest absolute Gasteiger partial charge is 0.252 e. The van der Waals surface area contributed by atoms with Gasteiger partial charge in [0.1, 0.15) is 11.6 Å². The van der Waals surface area contributed by atoms with Crippen LogP contribution in [0.2, 0.25) is 0 Å². The highest BCUT2D eigenvalue weighted by molar-refractivity contribution is 7.18. The fourth-order valence-corrected chi connectivity index (χ4v) is 3.50. The minimum absolute atomic E-state index is 0.00165. The summed E-state index contributed by atoms with van der Waals surface area (Å²) in [6.45, 7) is 5.34. The molecule has 2 heterocycles. The van der Waals surface area contributed by atoms with Gasteiger partial charge in [0, 0.05) is 12.2 Å². The number of nitrogens with zero attached hydrogens (tertiary/aromatic N) is 2. The molecule has 6 nitrogen and oxygen atoms in total. The highest BCUT2D eigenvalue weighted by Crippen LogP contribution is 2.29. The highest BCUT2D eigenvalue weighted by Gasteiger charge is 2.16. The van der Waals surface area contributed by atoms with Crippen molar-refractivity contribution in [2.24, 2.45) is 0 Å². The number of amides is 1. The first-order valence-corrected chi connectivity index (χ1v) is 8.84. The van der Waals surface area contributed by atoms with E-state index < -0.39 is 0 Å². The minimum atomic E-state index is -0.226. The van der Waals surface area contributed by atoms with E-state index >= 15 is 0 Å². The van der Waals surface area contributed by atoms with Crippen molar-refractivity contribution in [2.75, 3.05) is 25.1 Å². The molecule has 1 aliphatic heterocycles. The van der Waals surface area contributed by atoms with E-state index in [9.17, 15) is 4.79 Å². The van der Waals surface area contributed by atoms with Gasteiger partial charge in [-0.25, -0.2) is 0 Å². The first kappa shape index (κ1) is 17.0. The summed E-state index contributed by atoms with van der Waals surface area (Å²) in [5.74, 6) is -0.226. The molecule has 2 aromatic rings. The Morgan fingerprint density at radius 3 is 3.04 bits per heavy atom. The molecule has 128 valence electrons. The molecule has 0 aliphatic carbocycles. The zero-order valence-electron chi connectivity index (χ0n) is 13.9. The summed E-state index contributed by atoms with van der Waals surface area (Å²) in [5, 5.41) is 12.2. The lowest BCUT2D eigenvalue weighted by atomic mass is 10.1. The van der Waals surface area contributed by atoms with E-state index in [1.54, 1.807) is 0 Å². The fourth-order valence-electron chi connectivity index (χ4n) is 2.65. The lowest BCUT2D eigenvalue weighted by molar-refractivity contribution is -0.121. The second-order valence-corrected chi connectivity index (χ2v) is 6.91. The average Bonchev–Trinajstić information content (AvgIpc) is 3.19. The quantitative estimate of drug-likeness (QED) is 0.870. The zero-order valence-corrected chi connectivity index (χ0v) is 14.7. The number of aryl methyl sites for hydroxylation is 2. The van der Waals surface area contributed by atoms with Crippen LogP contribution in [0.3, 0.4) is 0 Å². The van der Waals surface area contributed by atoms with Gasteiger partial charge in [0.2, 0.25) is 5.13 Å². The standard InChI is InChI=1S/C17H21N3O3S/c1-11-5-6-14(12(2)8-11)16-19-20-17(24-16)18-15(21)10-22-9-13-4-3-7-23-13/h5-6,8,13H,3-4,7,9-10H2,1-2H3,(H,18,20,21). The summed E-state index contributed by atoms with van der Waals surface area (Å²) < 4.78 is 10.8. The van der Waals surface area contributed by atoms with Crippen LogP contribution in [-0.2, 0) is 14.3 Å². The van der Waals surface area contributed by atoms with Crippen LogP contribution in [0, 0.1) is 13.8 Å². The third-order valence-electron chi connectivity index (χ3n) is 3.84. The Morgan fingerprint density at radius 2 is 2.29 bits per heavy atom. The molecule has 0 bridgehead atoms. The van der Waals surface area contributed by atoms with Crippen molar-refractivity contribution in [3.05, 3.63) is 29.3 Å². The maximum Gasteiger partial charge on any atom is 0.252 e. The predicted octanol–water partition coefficient (Wildman–Crippen LogP) is 2.96. The number of hydrogen-bond donors (Lipinski definition) is 1. The summed E-state index contributed by atoms with van der Waals surface area (Å²) in [6, 6.07) is 6.18. The zero-order chi connectivity index (χ0) is 16.9. The van der Waals surface area contributed by atoms with Crippen LogP contribution >= 0.6 is 11.3 Å². The van der Waals surface area contributed by atoms with Crippen LogP contribution in [-0.4, -0.2) is 42.0 Å². The predicted molar refractivity (Wildman–Crippen MR) is 93.2 cm³/mol. The first-order chi connectivity index (χ1) is 11.6. The van der Waals surface area contributed by atoms with Gasteiger partial charge in [-0.1, -0.05) is 35.1 Å². The van der Waals surface area contributed by atoms with Gasteiger partial charge in [-0.2, -0.15) is 0 Å². The lowest BCUT2D eigenvalue weighted by Crippen LogP contribution is -2.22. The van der Waals surface area contributed by atoms with E-state index in [-0.39, 0.29) is 18.6 Å². The van der Waals surface area contributed by atoms with E-state index in [2.05, 4.69) is 28.5 Å². The van der Waals surface area contributed by atoms with Gasteiger partial charge in [-0.3, -0.25) is 10.1 Å². The van der Waals surface area contributed by atoms with E-state index in [4.69, 9.17) is 9.47 Å². The van der Waals surface area contributed by atoms with E-state index in [1.165, 1.54) is 16.9 Å². The van der Waals surface area contributed by atoms with Gasteiger partial charge in [0.15, 0.2) is 0 Å². The molecule has 1 aromatic carbocycles. The Labute approximate surface area is 145 Å². The molecule has 7 heteroatoms. The Bertz CT molecular complexity index is 711. The van der Waals surface area contributed by atoms with Crippen LogP contribution in [0.4, 0.5) is 5.13 Å².